The molecule has 1 aromatic rings. The number of aliphatic hydroxyl groups excluding tert-OH is 1. The van der Waals surface area contributed by atoms with Crippen LogP contribution in [-0.4, -0.2) is 31.8 Å². The molecular weight excluding hydrogens is 359 g/mol. The van der Waals surface area contributed by atoms with Gasteiger partial charge in [0.05, 0.1) is 13.7 Å². The first-order valence-electron chi connectivity index (χ1n) is 7.83. The molecule has 0 bridgehead atoms. The number of ether oxygens (including phenoxy) is 2. The minimum Gasteiger partial charge on any atom is -0.746 e. The molecule has 0 radical (unpaired) electrons. The van der Waals surface area contributed by atoms with E-state index in [0.29, 0.717) is 12.4 Å². The summed E-state index contributed by atoms with van der Waals surface area (Å²) in [5.41, 5.74) is -2.15. The summed E-state index contributed by atoms with van der Waals surface area (Å²) in [5.74, 6) is 0.747. The molecule has 8 heteroatoms. The number of hydrogen-bond acceptors (Lipinski definition) is 6. The summed E-state index contributed by atoms with van der Waals surface area (Å²) in [6.07, 6.45) is 6.89. The second-order valence-electron chi connectivity index (χ2n) is 5.37. The fourth-order valence-electron chi connectivity index (χ4n) is 2.19. The maximum atomic E-state index is 10.9. The third-order valence-electron chi connectivity index (χ3n) is 3.50. The second-order valence-corrected chi connectivity index (χ2v) is 6.80. The molecule has 0 heterocycles. The van der Waals surface area contributed by atoms with E-state index in [4.69, 9.17) is 9.47 Å². The first-order chi connectivity index (χ1) is 10.9. The normalized spacial score (nSPS) is 12.3. The Hall–Kier alpha value is 0.326. The predicted octanol–water partition coefficient (Wildman–Crippen LogP) is -0.0254. The summed E-state index contributed by atoms with van der Waals surface area (Å²) >= 11 is 0. The maximum Gasteiger partial charge on any atom is 1.00 e. The topological polar surface area (TPSA) is 95.9 Å². The Morgan fingerprint density at radius 3 is 2.33 bits per heavy atom. The van der Waals surface area contributed by atoms with Crippen molar-refractivity contribution in [2.75, 3.05) is 13.7 Å². The molecule has 1 rings (SSSR count). The first kappa shape index (κ1) is 24.3. The van der Waals surface area contributed by atoms with Crippen LogP contribution in [0.1, 0.15) is 56.4 Å². The van der Waals surface area contributed by atoms with Gasteiger partial charge >= 0.3 is 51.4 Å². The zero-order valence-electron chi connectivity index (χ0n) is 14.7. The van der Waals surface area contributed by atoms with Crippen LogP contribution >= 0.6 is 0 Å². The molecule has 0 saturated carbocycles. The minimum atomic E-state index is -4.82. The smallest absolute Gasteiger partial charge is 0.746 e. The third-order valence-corrected chi connectivity index (χ3v) is 4.32. The van der Waals surface area contributed by atoms with Crippen molar-refractivity contribution in [3.05, 3.63) is 23.8 Å². The van der Waals surface area contributed by atoms with Crippen LogP contribution in [0.15, 0.2) is 18.2 Å². The molecule has 0 saturated heterocycles. The van der Waals surface area contributed by atoms with Crippen LogP contribution in [0.3, 0.4) is 0 Å². The molecule has 0 aliphatic rings. The molecule has 6 nitrogen and oxygen atoms in total. The number of aliphatic hydroxyl groups is 1. The van der Waals surface area contributed by atoms with Gasteiger partial charge in [0, 0.05) is 0 Å². The predicted molar refractivity (Wildman–Crippen MR) is 86.5 cm³/mol. The van der Waals surface area contributed by atoms with Gasteiger partial charge in [-0.15, -0.1) is 0 Å². The maximum absolute atomic E-state index is 10.9. The summed E-state index contributed by atoms with van der Waals surface area (Å²) in [4.78, 5) is 0. The number of hydrogen-bond donors (Lipinski definition) is 1. The second kappa shape index (κ2) is 12.6. The van der Waals surface area contributed by atoms with Crippen LogP contribution in [0.5, 0.6) is 11.5 Å². The standard InChI is InChI=1S/C16H26O6S.K/c1-3-4-5-6-7-8-11-22-14-10-9-13(12-15(14)21-2)16(17)23(18,19)20;/h9-10,12,16-17H,3-8,11H2,1-2H3,(H,18,19,20);/q;+1/p-1. The number of methoxy groups -OCH3 is 1. The van der Waals surface area contributed by atoms with Crippen LogP contribution in [0, 0.1) is 0 Å². The van der Waals surface area contributed by atoms with Crippen molar-refractivity contribution in [3.63, 3.8) is 0 Å². The fraction of sp³-hybridized carbons (Fsp3) is 0.625. The van der Waals surface area contributed by atoms with Crippen molar-refractivity contribution < 1.29 is 78.9 Å². The summed E-state index contributed by atoms with van der Waals surface area (Å²) in [6, 6.07) is 4.15. The van der Waals surface area contributed by atoms with E-state index in [0.717, 1.165) is 12.8 Å². The average molecular weight is 385 g/mol. The van der Waals surface area contributed by atoms with E-state index < -0.39 is 15.6 Å². The van der Waals surface area contributed by atoms with Gasteiger partial charge in [-0.05, 0) is 24.1 Å². The Balaban J connectivity index is 0.00000529. The Morgan fingerprint density at radius 2 is 1.75 bits per heavy atom. The van der Waals surface area contributed by atoms with Gasteiger partial charge in [0.2, 0.25) is 0 Å². The number of rotatable bonds is 11. The largest absolute Gasteiger partial charge is 1.00 e. The van der Waals surface area contributed by atoms with Crippen LogP contribution in [0.4, 0.5) is 0 Å². The molecule has 132 valence electrons. The van der Waals surface area contributed by atoms with Crippen molar-refractivity contribution in [2.24, 2.45) is 0 Å². The Morgan fingerprint density at radius 1 is 1.12 bits per heavy atom. The van der Waals surface area contributed by atoms with E-state index in [2.05, 4.69) is 6.92 Å². The molecular formula is C16H25KO6S. The fourth-order valence-corrected chi connectivity index (χ4v) is 2.67. The molecule has 0 aliphatic carbocycles. The van der Waals surface area contributed by atoms with E-state index in [1.54, 1.807) is 0 Å². The molecule has 0 aromatic heterocycles. The van der Waals surface area contributed by atoms with E-state index in [9.17, 15) is 18.1 Å². The molecule has 0 fully saturated rings. The van der Waals surface area contributed by atoms with Crippen molar-refractivity contribution >= 4 is 10.1 Å². The average Bonchev–Trinajstić information content (AvgIpc) is 2.52. The zero-order chi connectivity index (χ0) is 17.3. The Bertz CT molecular complexity index is 576. The molecule has 0 aliphatic heterocycles. The number of unbranched alkanes of at least 4 members (excludes halogenated alkanes) is 5. The molecule has 1 aromatic carbocycles. The zero-order valence-corrected chi connectivity index (χ0v) is 18.6. The van der Waals surface area contributed by atoms with Crippen molar-refractivity contribution in [3.8, 4) is 11.5 Å². The van der Waals surface area contributed by atoms with Crippen LogP contribution in [0.2, 0.25) is 0 Å². The first-order valence-corrected chi connectivity index (χ1v) is 9.30. The van der Waals surface area contributed by atoms with Crippen molar-refractivity contribution in [2.45, 2.75) is 50.9 Å². The van der Waals surface area contributed by atoms with Crippen LogP contribution in [0.25, 0.3) is 0 Å². The molecule has 0 amide bonds. The Kier molecular flexibility index (Phi) is 12.8. The number of benzene rings is 1. The van der Waals surface area contributed by atoms with Gasteiger partial charge in [-0.3, -0.25) is 0 Å². The molecule has 24 heavy (non-hydrogen) atoms. The van der Waals surface area contributed by atoms with Gasteiger partial charge in [0.1, 0.15) is 10.1 Å². The summed E-state index contributed by atoms with van der Waals surface area (Å²) in [7, 11) is -3.41. The summed E-state index contributed by atoms with van der Waals surface area (Å²) in [6.45, 7) is 2.71. The van der Waals surface area contributed by atoms with Crippen molar-refractivity contribution in [1.29, 1.82) is 0 Å². The summed E-state index contributed by atoms with van der Waals surface area (Å²) < 4.78 is 43.3. The monoisotopic (exact) mass is 384 g/mol. The van der Waals surface area contributed by atoms with Crippen molar-refractivity contribution in [1.82, 2.24) is 0 Å². The Labute approximate surface area is 187 Å². The van der Waals surface area contributed by atoms with E-state index in [1.165, 1.54) is 51.0 Å². The van der Waals surface area contributed by atoms with Crippen LogP contribution in [-0.2, 0) is 10.1 Å². The molecule has 1 N–H and O–H groups in total. The van der Waals surface area contributed by atoms with E-state index in [-0.39, 0.29) is 62.7 Å². The molecule has 1 unspecified atom stereocenters. The van der Waals surface area contributed by atoms with Gasteiger partial charge in [-0.2, -0.15) is 0 Å². The SMILES string of the molecule is CCCCCCCCOc1ccc(C(O)S(=O)(=O)[O-])cc1OC.[K+]. The van der Waals surface area contributed by atoms with E-state index in [1.807, 2.05) is 0 Å². The summed E-state index contributed by atoms with van der Waals surface area (Å²) in [5, 5.41) is 9.49. The third kappa shape index (κ3) is 8.62. The minimum absolute atomic E-state index is 0. The van der Waals surface area contributed by atoms with Gasteiger partial charge in [0.25, 0.3) is 0 Å². The van der Waals surface area contributed by atoms with Gasteiger partial charge in [0.15, 0.2) is 16.9 Å². The van der Waals surface area contributed by atoms with E-state index >= 15 is 0 Å². The van der Waals surface area contributed by atoms with Gasteiger partial charge in [-0.25, -0.2) is 8.42 Å². The van der Waals surface area contributed by atoms with Crippen LogP contribution < -0.4 is 60.9 Å². The molecule has 0 spiro atoms. The van der Waals surface area contributed by atoms with Gasteiger partial charge in [-0.1, -0.05) is 45.1 Å². The quantitative estimate of drug-likeness (QED) is 0.327. The van der Waals surface area contributed by atoms with Gasteiger partial charge < -0.3 is 19.1 Å². The molecule has 1 atom stereocenters.